The molecule has 0 saturated heterocycles. The van der Waals surface area contributed by atoms with Crippen LogP contribution in [-0.2, 0) is 10.2 Å². The Balaban J connectivity index is 1.77. The normalized spacial score (nSPS) is 21.9. The first-order chi connectivity index (χ1) is 10.0. The van der Waals surface area contributed by atoms with E-state index >= 15 is 0 Å². The highest BCUT2D eigenvalue weighted by Gasteiger charge is 2.37. The van der Waals surface area contributed by atoms with Crippen LogP contribution >= 0.6 is 0 Å². The molecule has 1 saturated carbocycles. The van der Waals surface area contributed by atoms with Gasteiger partial charge in [0.2, 0.25) is 5.91 Å². The summed E-state index contributed by atoms with van der Waals surface area (Å²) in [7, 11) is 2.07. The Hall–Kier alpha value is -2.10. The number of rotatable bonds is 3. The van der Waals surface area contributed by atoms with Crippen molar-refractivity contribution in [2.24, 2.45) is 11.0 Å². The molecule has 0 spiro atoms. The summed E-state index contributed by atoms with van der Waals surface area (Å²) in [5, 5.41) is 4.03. The Bertz CT molecular complexity index is 627. The van der Waals surface area contributed by atoms with Gasteiger partial charge >= 0.3 is 0 Å². The summed E-state index contributed by atoms with van der Waals surface area (Å²) < 4.78 is 0. The van der Waals surface area contributed by atoms with E-state index in [1.54, 1.807) is 6.21 Å². The summed E-state index contributed by atoms with van der Waals surface area (Å²) in [6.07, 6.45) is 5.65. The van der Waals surface area contributed by atoms with Crippen LogP contribution in [0.3, 0.4) is 0 Å². The number of fused-ring (bicyclic) bond motifs is 1. The molecule has 1 aliphatic heterocycles. The van der Waals surface area contributed by atoms with Gasteiger partial charge in [-0.25, -0.2) is 5.43 Å². The van der Waals surface area contributed by atoms with Crippen LogP contribution in [0.1, 0.15) is 32.3 Å². The second-order valence-electron chi connectivity index (χ2n) is 6.28. The Labute approximate surface area is 125 Å². The molecule has 21 heavy (non-hydrogen) atoms. The average molecular weight is 283 g/mol. The zero-order chi connectivity index (χ0) is 15.0. The van der Waals surface area contributed by atoms with Gasteiger partial charge in [0.05, 0.1) is 0 Å². The maximum Gasteiger partial charge on any atom is 0.243 e. The third-order valence-electron chi connectivity index (χ3n) is 4.37. The molecule has 1 aromatic carbocycles. The predicted molar refractivity (Wildman–Crippen MR) is 85.3 cm³/mol. The second kappa shape index (κ2) is 5.02. The number of carbonyl (C=O) groups is 1. The standard InChI is InChI=1S/C17H21N3O/c1-17(2)13-6-4-5-7-14(13)20(3)15(17)10-11-18-19-16(21)12-8-9-12/h4-7,10-12H,8-9H2,1-3H3,(H,19,21)/b15-10+,18-11-. The van der Waals surface area contributed by atoms with Gasteiger partial charge in [0.25, 0.3) is 0 Å². The number of hydrogen-bond donors (Lipinski definition) is 1. The zero-order valence-electron chi connectivity index (χ0n) is 12.8. The van der Waals surface area contributed by atoms with E-state index in [4.69, 9.17) is 0 Å². The van der Waals surface area contributed by atoms with E-state index in [0.717, 1.165) is 12.8 Å². The highest BCUT2D eigenvalue weighted by atomic mass is 16.2. The Morgan fingerprint density at radius 1 is 1.38 bits per heavy atom. The van der Waals surface area contributed by atoms with Gasteiger partial charge in [0.1, 0.15) is 0 Å². The van der Waals surface area contributed by atoms with Crippen molar-refractivity contribution in [1.29, 1.82) is 0 Å². The van der Waals surface area contributed by atoms with Crippen molar-refractivity contribution < 1.29 is 4.79 Å². The van der Waals surface area contributed by atoms with Crippen molar-refractivity contribution >= 4 is 17.8 Å². The fourth-order valence-electron chi connectivity index (χ4n) is 2.95. The molecule has 0 atom stereocenters. The highest BCUT2D eigenvalue weighted by Crippen LogP contribution is 2.46. The molecule has 4 heteroatoms. The van der Waals surface area contributed by atoms with Crippen molar-refractivity contribution in [1.82, 2.24) is 5.43 Å². The molecular weight excluding hydrogens is 262 g/mol. The van der Waals surface area contributed by atoms with Crippen molar-refractivity contribution in [3.8, 4) is 0 Å². The number of amides is 1. The lowest BCUT2D eigenvalue weighted by Gasteiger charge is -2.23. The van der Waals surface area contributed by atoms with Crippen molar-refractivity contribution in [3.05, 3.63) is 41.6 Å². The lowest BCUT2D eigenvalue weighted by Crippen LogP contribution is -2.23. The quantitative estimate of drug-likeness (QED) is 0.685. The molecule has 0 radical (unpaired) electrons. The smallest absolute Gasteiger partial charge is 0.243 e. The first kappa shape index (κ1) is 13.9. The third-order valence-corrected chi connectivity index (χ3v) is 4.37. The largest absolute Gasteiger partial charge is 0.347 e. The van der Waals surface area contributed by atoms with Gasteiger partial charge in [0.15, 0.2) is 0 Å². The van der Waals surface area contributed by atoms with Gasteiger partial charge in [-0.2, -0.15) is 5.10 Å². The molecule has 1 aliphatic carbocycles. The molecule has 1 fully saturated rings. The van der Waals surface area contributed by atoms with Crippen LogP contribution in [0.25, 0.3) is 0 Å². The number of allylic oxidation sites excluding steroid dienone is 2. The first-order valence-electron chi connectivity index (χ1n) is 7.38. The number of hydrazone groups is 1. The van der Waals surface area contributed by atoms with E-state index in [0.29, 0.717) is 0 Å². The predicted octanol–water partition coefficient (Wildman–Crippen LogP) is 2.81. The SMILES string of the molecule is CN1/C(=C/C=N\NC(=O)C2CC2)C(C)(C)c2ccccc21. The highest BCUT2D eigenvalue weighted by molar-refractivity contribution is 5.83. The van der Waals surface area contributed by atoms with E-state index in [2.05, 4.69) is 60.6 Å². The van der Waals surface area contributed by atoms with Crippen LogP contribution < -0.4 is 10.3 Å². The Morgan fingerprint density at radius 3 is 2.76 bits per heavy atom. The minimum absolute atomic E-state index is 0.0342. The van der Waals surface area contributed by atoms with E-state index in [1.165, 1.54) is 16.9 Å². The fourth-order valence-corrected chi connectivity index (χ4v) is 2.95. The summed E-state index contributed by atoms with van der Waals surface area (Å²) in [5.41, 5.74) is 6.26. The summed E-state index contributed by atoms with van der Waals surface area (Å²) in [6.45, 7) is 4.41. The lowest BCUT2D eigenvalue weighted by molar-refractivity contribution is -0.122. The Morgan fingerprint density at radius 2 is 2.10 bits per heavy atom. The fraction of sp³-hybridized carbons (Fsp3) is 0.412. The lowest BCUT2D eigenvalue weighted by atomic mass is 9.84. The van der Waals surface area contributed by atoms with Crippen molar-refractivity contribution in [2.75, 3.05) is 11.9 Å². The molecule has 0 unspecified atom stereocenters. The summed E-state index contributed by atoms with van der Waals surface area (Å²) >= 11 is 0. The number of nitrogens with zero attached hydrogens (tertiary/aromatic N) is 2. The molecule has 110 valence electrons. The van der Waals surface area contributed by atoms with E-state index in [9.17, 15) is 4.79 Å². The molecule has 1 aromatic rings. The van der Waals surface area contributed by atoms with Gasteiger partial charge in [-0.05, 0) is 30.5 Å². The summed E-state index contributed by atoms with van der Waals surface area (Å²) in [6, 6.07) is 8.42. The molecule has 0 bridgehead atoms. The van der Waals surface area contributed by atoms with E-state index < -0.39 is 0 Å². The number of benzene rings is 1. The monoisotopic (exact) mass is 283 g/mol. The minimum Gasteiger partial charge on any atom is -0.347 e. The van der Waals surface area contributed by atoms with Crippen LogP contribution in [-0.4, -0.2) is 19.2 Å². The van der Waals surface area contributed by atoms with Gasteiger partial charge in [-0.15, -0.1) is 0 Å². The number of anilines is 1. The van der Waals surface area contributed by atoms with E-state index in [1.807, 2.05) is 6.08 Å². The number of carbonyl (C=O) groups excluding carboxylic acids is 1. The number of nitrogens with one attached hydrogen (secondary N) is 1. The minimum atomic E-state index is -0.0577. The summed E-state index contributed by atoms with van der Waals surface area (Å²) in [5.74, 6) is 0.219. The molecule has 4 nitrogen and oxygen atoms in total. The Kier molecular flexibility index (Phi) is 3.32. The molecule has 0 aromatic heterocycles. The van der Waals surface area contributed by atoms with Gasteiger partial charge in [-0.3, -0.25) is 4.79 Å². The zero-order valence-corrected chi connectivity index (χ0v) is 12.8. The number of likely N-dealkylation sites (N-methyl/N-ethyl adjacent to an activating group) is 1. The van der Waals surface area contributed by atoms with Crippen LogP contribution in [0.15, 0.2) is 41.1 Å². The molecular formula is C17H21N3O. The number of hydrogen-bond acceptors (Lipinski definition) is 3. The van der Waals surface area contributed by atoms with E-state index in [-0.39, 0.29) is 17.2 Å². The third kappa shape index (κ3) is 2.46. The topological polar surface area (TPSA) is 44.7 Å². The molecule has 1 heterocycles. The summed E-state index contributed by atoms with van der Waals surface area (Å²) in [4.78, 5) is 13.7. The maximum atomic E-state index is 11.5. The number of para-hydroxylation sites is 1. The van der Waals surface area contributed by atoms with Crippen LogP contribution in [0, 0.1) is 5.92 Å². The molecule has 3 rings (SSSR count). The van der Waals surface area contributed by atoms with Crippen molar-refractivity contribution in [2.45, 2.75) is 32.1 Å². The van der Waals surface area contributed by atoms with Crippen LogP contribution in [0.2, 0.25) is 0 Å². The van der Waals surface area contributed by atoms with Crippen molar-refractivity contribution in [3.63, 3.8) is 0 Å². The van der Waals surface area contributed by atoms with Gasteiger partial charge in [-0.1, -0.05) is 32.0 Å². The van der Waals surface area contributed by atoms with Gasteiger partial charge in [0, 0.05) is 36.0 Å². The van der Waals surface area contributed by atoms with Crippen LogP contribution in [0.5, 0.6) is 0 Å². The average Bonchev–Trinajstić information content (AvgIpc) is 3.28. The molecule has 2 aliphatic rings. The molecule has 1 N–H and O–H groups in total. The van der Waals surface area contributed by atoms with Crippen LogP contribution in [0.4, 0.5) is 5.69 Å². The molecule has 1 amide bonds. The first-order valence-corrected chi connectivity index (χ1v) is 7.38. The second-order valence-corrected chi connectivity index (χ2v) is 6.28. The maximum absolute atomic E-state index is 11.5. The van der Waals surface area contributed by atoms with Gasteiger partial charge < -0.3 is 4.90 Å².